The molecule has 0 bridgehead atoms. The van der Waals surface area contributed by atoms with Crippen LogP contribution < -0.4 is 11.1 Å². The van der Waals surface area contributed by atoms with Crippen LogP contribution in [0, 0.1) is 0 Å². The van der Waals surface area contributed by atoms with E-state index in [4.69, 9.17) is 34.2 Å². The van der Waals surface area contributed by atoms with Crippen LogP contribution in [0.2, 0.25) is 0 Å². The summed E-state index contributed by atoms with van der Waals surface area (Å²) in [4.78, 5) is 72.8. The van der Waals surface area contributed by atoms with Crippen LogP contribution in [0.3, 0.4) is 0 Å². The Morgan fingerprint density at radius 1 is 0.533 bits per heavy atom. The highest BCUT2D eigenvalue weighted by atomic mass is 35.5. The van der Waals surface area contributed by atoms with Crippen molar-refractivity contribution in [3.8, 4) is 11.1 Å². The first-order valence-corrected chi connectivity index (χ1v) is 31.6. The predicted molar refractivity (Wildman–Crippen MR) is 353 cm³/mol. The number of ketones is 1. The Morgan fingerprint density at radius 2 is 0.944 bits per heavy atom. The number of imidazole rings is 1. The number of anilines is 1. The molecule has 0 aliphatic carbocycles. The van der Waals surface area contributed by atoms with Gasteiger partial charge in [-0.05, 0) is 172 Å². The highest BCUT2D eigenvalue weighted by Crippen LogP contribution is 2.27. The average molecular weight is 1270 g/mol. The molecule has 5 aromatic rings. The third kappa shape index (κ3) is 24.5. The van der Waals surface area contributed by atoms with Crippen LogP contribution in [0.25, 0.3) is 16.6 Å². The fourth-order valence-corrected chi connectivity index (χ4v) is 10.9. The molecule has 5 fully saturated rings. The van der Waals surface area contributed by atoms with Gasteiger partial charge in [-0.2, -0.15) is 0 Å². The zero-order valence-corrected chi connectivity index (χ0v) is 55.7. The molecule has 0 unspecified atom stereocenters. The second kappa shape index (κ2) is 37.0. The molecule has 90 heavy (non-hydrogen) atoms. The molecule has 3 aromatic carbocycles. The van der Waals surface area contributed by atoms with Gasteiger partial charge < -0.3 is 68.6 Å². The van der Waals surface area contributed by atoms with Gasteiger partial charge in [0.05, 0.1) is 48.6 Å². The number of fused-ring (bicyclic) bond motifs is 1. The van der Waals surface area contributed by atoms with Crippen molar-refractivity contribution in [2.45, 2.75) is 160 Å². The van der Waals surface area contributed by atoms with Crippen molar-refractivity contribution in [2.24, 2.45) is 0 Å². The highest BCUT2D eigenvalue weighted by molar-refractivity contribution is 5.95. The molecule has 5 saturated heterocycles. The Morgan fingerprint density at radius 3 is 1.37 bits per heavy atom. The number of nitrogens with two attached hydrogens (primary N) is 1. The van der Waals surface area contributed by atoms with E-state index in [1.165, 1.54) is 12.8 Å². The number of benzene rings is 3. The number of amides is 4. The lowest BCUT2D eigenvalue weighted by atomic mass is 9.98. The summed E-state index contributed by atoms with van der Waals surface area (Å²) in [5.74, 6) is 0.236. The first-order valence-electron chi connectivity index (χ1n) is 31.6. The highest BCUT2D eigenvalue weighted by Gasteiger charge is 2.29. The molecule has 4 amide bonds. The van der Waals surface area contributed by atoms with Crippen molar-refractivity contribution in [2.75, 3.05) is 99.6 Å². The molecule has 496 valence electrons. The minimum Gasteiger partial charge on any atom is -0.444 e. The number of likely N-dealkylation sites (tertiary alicyclic amines) is 4. The summed E-state index contributed by atoms with van der Waals surface area (Å²) < 4.78 is 33.6. The van der Waals surface area contributed by atoms with Gasteiger partial charge >= 0.3 is 12.2 Å². The van der Waals surface area contributed by atoms with E-state index in [0.29, 0.717) is 87.0 Å². The van der Waals surface area contributed by atoms with Crippen molar-refractivity contribution in [3.05, 3.63) is 126 Å². The van der Waals surface area contributed by atoms with Gasteiger partial charge in [-0.1, -0.05) is 48.5 Å². The number of piperidine rings is 5. The Labute approximate surface area is 539 Å². The number of rotatable bonds is 11. The van der Waals surface area contributed by atoms with E-state index >= 15 is 0 Å². The monoisotopic (exact) mass is 1270 g/mol. The third-order valence-electron chi connectivity index (χ3n) is 16.2. The van der Waals surface area contributed by atoms with Crippen LogP contribution in [0.5, 0.6) is 0 Å². The number of nitrogen functional groups attached to an aromatic ring is 1. The van der Waals surface area contributed by atoms with E-state index in [9.17, 15) is 29.1 Å². The quantitative estimate of drug-likeness (QED) is 0.104. The molecule has 7 heterocycles. The molecule has 0 saturated carbocycles. The average Bonchev–Trinajstić information content (AvgIpc) is 2.17. The van der Waals surface area contributed by atoms with Gasteiger partial charge in [0, 0.05) is 122 Å². The van der Waals surface area contributed by atoms with Crippen LogP contribution >= 0.6 is 12.4 Å². The summed E-state index contributed by atoms with van der Waals surface area (Å²) in [6.45, 7) is 19.0. The number of aliphatic hydroxyl groups excluding tert-OH is 1. The Bertz CT molecular complexity index is 2930. The maximum absolute atomic E-state index is 13.1. The predicted octanol–water partition coefficient (Wildman–Crippen LogP) is 10.3. The zero-order valence-electron chi connectivity index (χ0n) is 54.9. The lowest BCUT2D eigenvalue weighted by Gasteiger charge is -2.32. The standard InChI is InChI=1S/C29H29N3O3.C13H18N2O2.C11H21NO3.C10H19NO3.C6H13NO.ClH/c1-35-26-13-15-31(16-14-26)29(34)23-9-7-21(8-10-23)17-25(33)18-28-27(22-5-3-2-4-6-22)12-11-24-19-30-20-32(24)28;1-17-12-6-8-15(9-7-12)13(16)10-2-4-11(14)5-3-10;1-11(2,3)15-10(13)12-7-5-9(14-4)6-8-12;1-10(2,3)14-9(13)11-6-4-8(12)5-7-11;1-8-6-2-4-7-5-3-6;/h2-12,19-20,26H,13-18H2,1H3;2-5,12H,6-9,14H2,1H3;9H,5-8H2,1-4H3;8,12H,4-7H2,1-3H3;6-7H,2-5H2,1H3;1H. The SMILES string of the molecule is CC(C)(C)OC(=O)N1CCC(O)CC1.COC1CCN(C(=O)OC(C)(C)C)CC1.COC1CCN(C(=O)c2ccc(CC(=O)Cc3c(-c4ccccc4)ccc4cncn34)cc2)CC1.COC1CCN(C(=O)c2ccc(N)cc2)CC1.COC1CCNCC1.Cl. The minimum atomic E-state index is -0.437. The van der Waals surface area contributed by atoms with E-state index in [1.54, 1.807) is 75.0 Å². The largest absolute Gasteiger partial charge is 0.444 e. The lowest BCUT2D eigenvalue weighted by molar-refractivity contribution is -0.117. The number of pyridine rings is 1. The number of carbonyl (C=O) groups is 5. The van der Waals surface area contributed by atoms with Crippen molar-refractivity contribution in [1.82, 2.24) is 34.3 Å². The van der Waals surface area contributed by atoms with Crippen LogP contribution in [0.1, 0.15) is 138 Å². The number of halogens is 1. The number of nitrogens with zero attached hydrogens (tertiary/aromatic N) is 6. The molecule has 10 rings (SSSR count). The number of hydrogen-bond acceptors (Lipinski definition) is 15. The number of nitrogens with one attached hydrogen (secondary N) is 1. The smallest absolute Gasteiger partial charge is 0.410 e. The first kappa shape index (κ1) is 74.1. The number of ether oxygens (including phenoxy) is 6. The van der Waals surface area contributed by atoms with Gasteiger partial charge in [-0.15, -0.1) is 12.4 Å². The molecule has 5 aliphatic heterocycles. The van der Waals surface area contributed by atoms with Gasteiger partial charge in [0.1, 0.15) is 17.0 Å². The van der Waals surface area contributed by atoms with Gasteiger partial charge in [-0.25, -0.2) is 14.6 Å². The molecule has 21 heteroatoms. The van der Waals surface area contributed by atoms with Crippen LogP contribution in [-0.4, -0.2) is 199 Å². The van der Waals surface area contributed by atoms with Crippen molar-refractivity contribution < 1.29 is 57.5 Å². The third-order valence-corrected chi connectivity index (χ3v) is 16.2. The van der Waals surface area contributed by atoms with E-state index in [0.717, 1.165) is 106 Å². The fourth-order valence-electron chi connectivity index (χ4n) is 10.9. The Balaban J connectivity index is 0.000000225. The molecular weight excluding hydrogens is 1170 g/mol. The summed E-state index contributed by atoms with van der Waals surface area (Å²) in [5.41, 5.74) is 11.7. The van der Waals surface area contributed by atoms with E-state index < -0.39 is 11.2 Å². The topological polar surface area (TPSA) is 229 Å². The number of methoxy groups -OCH3 is 4. The molecule has 0 radical (unpaired) electrons. The maximum Gasteiger partial charge on any atom is 0.410 e. The molecule has 5 aliphatic rings. The number of Topliss-reactive ketones (excluding diaryl/α,β-unsaturated/α-hetero) is 1. The Hall–Kier alpha value is -6.65. The summed E-state index contributed by atoms with van der Waals surface area (Å²) in [7, 11) is 6.95. The summed E-state index contributed by atoms with van der Waals surface area (Å²) in [5, 5.41) is 12.5. The van der Waals surface area contributed by atoms with Gasteiger partial charge in [0.15, 0.2) is 0 Å². The summed E-state index contributed by atoms with van der Waals surface area (Å²) in [6.07, 6.45) is 13.8. The first-order chi connectivity index (χ1) is 42.6. The molecule has 0 atom stereocenters. The second-order valence-corrected chi connectivity index (χ2v) is 25.2. The van der Waals surface area contributed by atoms with E-state index in [1.807, 2.05) is 104 Å². The van der Waals surface area contributed by atoms with E-state index in [2.05, 4.69) is 28.5 Å². The van der Waals surface area contributed by atoms with Crippen LogP contribution in [0.15, 0.2) is 104 Å². The van der Waals surface area contributed by atoms with Crippen molar-refractivity contribution in [1.29, 1.82) is 0 Å². The molecular formula is C69H101ClN8O12. The number of carbonyl (C=O) groups excluding carboxylic acids is 5. The number of hydrogen-bond donors (Lipinski definition) is 3. The fraction of sp³-hybridized carbons (Fsp3) is 0.565. The molecule has 4 N–H and O–H groups in total. The molecule has 20 nitrogen and oxygen atoms in total. The normalized spacial score (nSPS) is 17.1. The van der Waals surface area contributed by atoms with Crippen molar-refractivity contribution in [3.63, 3.8) is 0 Å². The number of aromatic nitrogens is 2. The number of aliphatic hydroxyl groups is 1. The van der Waals surface area contributed by atoms with Crippen molar-refractivity contribution >= 4 is 53.4 Å². The van der Waals surface area contributed by atoms with Crippen LogP contribution in [0.4, 0.5) is 15.3 Å². The summed E-state index contributed by atoms with van der Waals surface area (Å²) in [6, 6.07) is 28.7. The lowest BCUT2D eigenvalue weighted by Crippen LogP contribution is -2.43. The second-order valence-electron chi connectivity index (χ2n) is 25.2. The zero-order chi connectivity index (χ0) is 64.5. The van der Waals surface area contributed by atoms with Gasteiger partial charge in [0.2, 0.25) is 0 Å². The van der Waals surface area contributed by atoms with Gasteiger partial charge in [0.25, 0.3) is 11.8 Å². The Kier molecular flexibility index (Phi) is 30.5. The molecule has 0 spiro atoms. The maximum atomic E-state index is 13.1. The van der Waals surface area contributed by atoms with Crippen LogP contribution in [-0.2, 0) is 46.1 Å². The molecule has 2 aromatic heterocycles. The minimum absolute atomic E-state index is 0. The van der Waals surface area contributed by atoms with Gasteiger partial charge in [-0.3, -0.25) is 14.4 Å². The van der Waals surface area contributed by atoms with E-state index in [-0.39, 0.29) is 54.4 Å². The summed E-state index contributed by atoms with van der Waals surface area (Å²) >= 11 is 0.